The van der Waals surface area contributed by atoms with E-state index in [1.165, 1.54) is 22.0 Å². The first-order valence-electron chi connectivity index (χ1n) is 4.48. The van der Waals surface area contributed by atoms with E-state index in [-0.39, 0.29) is 0 Å². The Kier molecular flexibility index (Phi) is 1.59. The Morgan fingerprint density at radius 3 is 2.75 bits per heavy atom. The molecule has 2 heteroatoms. The molecule has 0 fully saturated rings. The topological polar surface area (TPSA) is 12.9 Å². The highest BCUT2D eigenvalue weighted by Gasteiger charge is 2.37. The largest absolute Gasteiger partial charge is 0.246 e. The van der Waals surface area contributed by atoms with Crippen molar-refractivity contribution in [3.8, 4) is 0 Å². The zero-order chi connectivity index (χ0) is 8.93. The third kappa shape index (κ3) is 1.01. The molecular weight excluding hydrogens is 166 g/mol. The normalized spacial score (nSPS) is 25.8. The monoisotopic (exact) mass is 181 g/mol. The summed E-state index contributed by atoms with van der Waals surface area (Å²) in [7, 11) is 0. The quantitative estimate of drug-likeness (QED) is 0.599. The van der Waals surface area contributed by atoms with E-state index >= 15 is 0 Å². The molecule has 1 atom stereocenters. The Morgan fingerprint density at radius 1 is 1.50 bits per heavy atom. The fraction of sp³-hybridized carbons (Fsp3) is 0.700. The standard InChI is InChI=1S/C10H15NS/c1-6-5-10(3,4)9-8(6)11-7(2)12-9/h6H,5H2,1-4H3. The summed E-state index contributed by atoms with van der Waals surface area (Å²) < 4.78 is 0. The highest BCUT2D eigenvalue weighted by atomic mass is 32.1. The van der Waals surface area contributed by atoms with E-state index in [0.717, 1.165) is 0 Å². The first-order valence-corrected chi connectivity index (χ1v) is 5.30. The van der Waals surface area contributed by atoms with Crippen LogP contribution >= 0.6 is 11.3 Å². The number of aromatic nitrogens is 1. The minimum Gasteiger partial charge on any atom is -0.246 e. The second-order valence-electron chi connectivity index (χ2n) is 4.44. The van der Waals surface area contributed by atoms with Crippen molar-refractivity contribution in [3.63, 3.8) is 0 Å². The molecule has 1 aromatic heterocycles. The molecule has 2 rings (SSSR count). The van der Waals surface area contributed by atoms with Crippen molar-refractivity contribution in [3.05, 3.63) is 15.6 Å². The van der Waals surface area contributed by atoms with Crippen LogP contribution in [0.2, 0.25) is 0 Å². The first-order chi connectivity index (χ1) is 5.50. The van der Waals surface area contributed by atoms with Gasteiger partial charge in [0, 0.05) is 16.2 Å². The van der Waals surface area contributed by atoms with Crippen LogP contribution < -0.4 is 0 Å². The zero-order valence-corrected chi connectivity index (χ0v) is 8.96. The van der Waals surface area contributed by atoms with Crippen molar-refractivity contribution in [1.29, 1.82) is 0 Å². The number of nitrogens with zero attached hydrogens (tertiary/aromatic N) is 1. The fourth-order valence-electron chi connectivity index (χ4n) is 2.22. The molecule has 0 aliphatic heterocycles. The molecule has 0 N–H and O–H groups in total. The van der Waals surface area contributed by atoms with Crippen LogP contribution in [0, 0.1) is 6.92 Å². The van der Waals surface area contributed by atoms with Crippen molar-refractivity contribution < 1.29 is 0 Å². The Balaban J connectivity index is 2.56. The molecule has 0 bridgehead atoms. The van der Waals surface area contributed by atoms with E-state index in [2.05, 4.69) is 32.7 Å². The molecular formula is C10H15NS. The minimum absolute atomic E-state index is 0.376. The molecule has 0 amide bonds. The Hall–Kier alpha value is -0.370. The van der Waals surface area contributed by atoms with Crippen molar-refractivity contribution in [2.75, 3.05) is 0 Å². The van der Waals surface area contributed by atoms with Gasteiger partial charge in [-0.3, -0.25) is 0 Å². The first kappa shape index (κ1) is 8.24. The van der Waals surface area contributed by atoms with Gasteiger partial charge in [-0.2, -0.15) is 0 Å². The Labute approximate surface area is 77.8 Å². The van der Waals surface area contributed by atoms with Gasteiger partial charge in [-0.05, 0) is 13.3 Å². The highest BCUT2D eigenvalue weighted by Crippen LogP contribution is 2.47. The SMILES string of the molecule is Cc1nc2c(s1)C(C)(C)CC2C. The van der Waals surface area contributed by atoms with Gasteiger partial charge in [-0.15, -0.1) is 11.3 Å². The molecule has 0 saturated heterocycles. The lowest BCUT2D eigenvalue weighted by atomic mass is 9.91. The number of thiazole rings is 1. The summed E-state index contributed by atoms with van der Waals surface area (Å²) >= 11 is 1.88. The molecule has 1 nitrogen and oxygen atoms in total. The average Bonchev–Trinajstić information content (AvgIpc) is 2.37. The van der Waals surface area contributed by atoms with E-state index in [1.54, 1.807) is 0 Å². The van der Waals surface area contributed by atoms with Crippen molar-refractivity contribution in [2.24, 2.45) is 0 Å². The van der Waals surface area contributed by atoms with Gasteiger partial charge in [-0.25, -0.2) is 4.98 Å². The van der Waals surface area contributed by atoms with Gasteiger partial charge in [0.15, 0.2) is 0 Å². The lowest BCUT2D eigenvalue weighted by Gasteiger charge is -2.16. The van der Waals surface area contributed by atoms with Crippen LogP contribution in [0.3, 0.4) is 0 Å². The molecule has 0 saturated carbocycles. The van der Waals surface area contributed by atoms with Crippen LogP contribution in [0.1, 0.15) is 48.7 Å². The summed E-state index contributed by atoms with van der Waals surface area (Å²) in [5.41, 5.74) is 1.74. The fourth-order valence-corrected chi connectivity index (χ4v) is 3.37. The van der Waals surface area contributed by atoms with E-state index < -0.39 is 0 Å². The van der Waals surface area contributed by atoms with E-state index in [1.807, 2.05) is 11.3 Å². The number of fused-ring (bicyclic) bond motifs is 1. The number of aryl methyl sites for hydroxylation is 1. The second-order valence-corrected chi connectivity index (χ2v) is 5.64. The van der Waals surface area contributed by atoms with Crippen LogP contribution in [-0.2, 0) is 5.41 Å². The van der Waals surface area contributed by atoms with Gasteiger partial charge in [-0.1, -0.05) is 20.8 Å². The van der Waals surface area contributed by atoms with Gasteiger partial charge in [0.2, 0.25) is 0 Å². The lowest BCUT2D eigenvalue weighted by molar-refractivity contribution is 0.493. The molecule has 1 aliphatic rings. The summed E-state index contributed by atoms with van der Waals surface area (Å²) in [6, 6.07) is 0. The summed E-state index contributed by atoms with van der Waals surface area (Å²) in [6.07, 6.45) is 1.27. The molecule has 1 heterocycles. The maximum atomic E-state index is 4.59. The Bertz CT molecular complexity index is 312. The van der Waals surface area contributed by atoms with Crippen LogP contribution in [0.15, 0.2) is 0 Å². The van der Waals surface area contributed by atoms with E-state index in [4.69, 9.17) is 0 Å². The molecule has 0 radical (unpaired) electrons. The molecule has 0 aromatic carbocycles. The average molecular weight is 181 g/mol. The smallest absolute Gasteiger partial charge is 0.0900 e. The molecule has 0 spiro atoms. The van der Waals surface area contributed by atoms with Gasteiger partial charge < -0.3 is 0 Å². The van der Waals surface area contributed by atoms with Gasteiger partial charge >= 0.3 is 0 Å². The predicted molar refractivity (Wildman–Crippen MR) is 52.9 cm³/mol. The third-order valence-electron chi connectivity index (χ3n) is 2.66. The van der Waals surface area contributed by atoms with Gasteiger partial charge in [0.1, 0.15) is 0 Å². The zero-order valence-electron chi connectivity index (χ0n) is 8.14. The van der Waals surface area contributed by atoms with E-state index in [0.29, 0.717) is 11.3 Å². The molecule has 66 valence electrons. The summed E-state index contributed by atoms with van der Waals surface area (Å²) in [6.45, 7) is 9.04. The summed E-state index contributed by atoms with van der Waals surface area (Å²) in [5, 5.41) is 1.22. The third-order valence-corrected chi connectivity index (χ3v) is 4.01. The summed E-state index contributed by atoms with van der Waals surface area (Å²) in [5.74, 6) is 0.667. The molecule has 12 heavy (non-hydrogen) atoms. The maximum absolute atomic E-state index is 4.59. The Morgan fingerprint density at radius 2 is 2.17 bits per heavy atom. The summed E-state index contributed by atoms with van der Waals surface area (Å²) in [4.78, 5) is 6.11. The van der Waals surface area contributed by atoms with Crippen LogP contribution in [0.4, 0.5) is 0 Å². The number of hydrogen-bond donors (Lipinski definition) is 0. The van der Waals surface area contributed by atoms with Gasteiger partial charge in [0.25, 0.3) is 0 Å². The maximum Gasteiger partial charge on any atom is 0.0900 e. The van der Waals surface area contributed by atoms with E-state index in [9.17, 15) is 0 Å². The van der Waals surface area contributed by atoms with Crippen molar-refractivity contribution >= 4 is 11.3 Å². The lowest BCUT2D eigenvalue weighted by Crippen LogP contribution is -2.10. The molecule has 1 aliphatic carbocycles. The second kappa shape index (κ2) is 2.32. The van der Waals surface area contributed by atoms with Crippen molar-refractivity contribution in [1.82, 2.24) is 4.98 Å². The minimum atomic E-state index is 0.376. The predicted octanol–water partition coefficient (Wildman–Crippen LogP) is 3.24. The van der Waals surface area contributed by atoms with Crippen LogP contribution in [0.25, 0.3) is 0 Å². The number of rotatable bonds is 0. The van der Waals surface area contributed by atoms with Crippen molar-refractivity contribution in [2.45, 2.75) is 45.4 Å². The highest BCUT2D eigenvalue weighted by molar-refractivity contribution is 7.11. The van der Waals surface area contributed by atoms with Gasteiger partial charge in [0.05, 0.1) is 10.7 Å². The van der Waals surface area contributed by atoms with Crippen LogP contribution in [0.5, 0.6) is 0 Å². The molecule has 1 aromatic rings. The molecule has 1 unspecified atom stereocenters. The number of hydrogen-bond acceptors (Lipinski definition) is 2. The van der Waals surface area contributed by atoms with Crippen LogP contribution in [-0.4, -0.2) is 4.98 Å².